The summed E-state index contributed by atoms with van der Waals surface area (Å²) in [5, 5.41) is 9.85. The predicted molar refractivity (Wildman–Crippen MR) is 76.1 cm³/mol. The molecule has 2 aromatic rings. The van der Waals surface area contributed by atoms with Crippen LogP contribution in [0.2, 0.25) is 0 Å². The van der Waals surface area contributed by atoms with E-state index < -0.39 is 0 Å². The molecule has 2 aromatic carbocycles. The first-order chi connectivity index (χ1) is 8.99. The monoisotopic (exact) mass is 259 g/mol. The van der Waals surface area contributed by atoms with E-state index in [-0.39, 0.29) is 17.6 Å². The fourth-order valence-electron chi connectivity index (χ4n) is 2.07. The Labute approximate surface area is 113 Å². The molecule has 1 N–H and O–H groups in total. The molecule has 0 spiro atoms. The Morgan fingerprint density at radius 1 is 1.11 bits per heavy atom. The molecule has 1 atom stereocenters. The number of hydrogen-bond acceptors (Lipinski definition) is 2. The molecule has 19 heavy (non-hydrogen) atoms. The Hall–Kier alpha value is -2.03. The van der Waals surface area contributed by atoms with Gasteiger partial charge in [0.25, 0.3) is 0 Å². The third kappa shape index (κ3) is 2.87. The van der Waals surface area contributed by atoms with E-state index in [9.17, 15) is 9.50 Å². The number of phenolic OH excluding ortho intramolecular Hbond substituents is 1. The Morgan fingerprint density at radius 3 is 2.37 bits per heavy atom. The van der Waals surface area contributed by atoms with Gasteiger partial charge < -0.3 is 10.0 Å². The van der Waals surface area contributed by atoms with E-state index in [1.165, 1.54) is 23.8 Å². The molecule has 2 rings (SSSR count). The lowest BCUT2D eigenvalue weighted by Crippen LogP contribution is -2.21. The van der Waals surface area contributed by atoms with Gasteiger partial charge in [0.15, 0.2) is 0 Å². The molecule has 3 heteroatoms. The van der Waals surface area contributed by atoms with Crippen molar-refractivity contribution >= 4 is 5.69 Å². The Bertz CT molecular complexity index is 565. The zero-order valence-electron chi connectivity index (χ0n) is 11.4. The van der Waals surface area contributed by atoms with Crippen LogP contribution in [-0.4, -0.2) is 12.2 Å². The van der Waals surface area contributed by atoms with Crippen LogP contribution in [0.25, 0.3) is 0 Å². The molecule has 0 aliphatic carbocycles. The largest absolute Gasteiger partial charge is 0.508 e. The quantitative estimate of drug-likeness (QED) is 0.899. The average molecular weight is 259 g/mol. The molecule has 0 heterocycles. The number of halogens is 1. The highest BCUT2D eigenvalue weighted by Crippen LogP contribution is 2.31. The summed E-state index contributed by atoms with van der Waals surface area (Å²) in [6.07, 6.45) is 0. The van der Waals surface area contributed by atoms with Gasteiger partial charge in [0, 0.05) is 18.3 Å². The zero-order valence-corrected chi connectivity index (χ0v) is 11.4. The summed E-state index contributed by atoms with van der Waals surface area (Å²) in [7, 11) is 1.93. The van der Waals surface area contributed by atoms with Gasteiger partial charge in [-0.15, -0.1) is 0 Å². The molecule has 0 amide bonds. The minimum Gasteiger partial charge on any atom is -0.508 e. The smallest absolute Gasteiger partial charge is 0.123 e. The van der Waals surface area contributed by atoms with Crippen LogP contribution in [0.5, 0.6) is 5.75 Å². The van der Waals surface area contributed by atoms with Crippen molar-refractivity contribution in [3.05, 3.63) is 59.4 Å². The van der Waals surface area contributed by atoms with Gasteiger partial charge in [0.1, 0.15) is 11.6 Å². The third-order valence-corrected chi connectivity index (χ3v) is 3.46. The van der Waals surface area contributed by atoms with Gasteiger partial charge in [-0.05, 0) is 44.2 Å². The maximum Gasteiger partial charge on any atom is 0.123 e. The fraction of sp³-hybridized carbons (Fsp3) is 0.250. The summed E-state index contributed by atoms with van der Waals surface area (Å²) in [5.74, 6) is -0.218. The molecule has 0 aromatic heterocycles. The molecule has 2 nitrogen and oxygen atoms in total. The Morgan fingerprint density at radius 2 is 1.74 bits per heavy atom. The van der Waals surface area contributed by atoms with Crippen molar-refractivity contribution in [1.82, 2.24) is 0 Å². The SMILES string of the molecule is Cc1ccc(N(C)C(C)c2cc(F)ccc2O)cc1. The number of nitrogens with zero attached hydrogens (tertiary/aromatic N) is 1. The normalized spacial score (nSPS) is 12.2. The van der Waals surface area contributed by atoms with Gasteiger partial charge in [-0.3, -0.25) is 0 Å². The maximum absolute atomic E-state index is 13.3. The van der Waals surface area contributed by atoms with Gasteiger partial charge in [-0.2, -0.15) is 0 Å². The summed E-state index contributed by atoms with van der Waals surface area (Å²) in [5.41, 5.74) is 2.81. The molecule has 0 radical (unpaired) electrons. The maximum atomic E-state index is 13.3. The Balaban J connectivity index is 2.30. The molecule has 100 valence electrons. The molecule has 0 aliphatic heterocycles. The summed E-state index contributed by atoms with van der Waals surface area (Å²) in [6, 6.07) is 12.0. The first-order valence-electron chi connectivity index (χ1n) is 6.27. The number of hydrogen-bond donors (Lipinski definition) is 1. The summed E-state index contributed by atoms with van der Waals surface area (Å²) in [4.78, 5) is 2.01. The molecule has 0 aliphatic rings. The summed E-state index contributed by atoms with van der Waals surface area (Å²) in [6.45, 7) is 3.97. The standard InChI is InChI=1S/C16H18FNO/c1-11-4-7-14(8-5-11)18(3)12(2)15-10-13(17)6-9-16(15)19/h4-10,12,19H,1-3H3. The van der Waals surface area contributed by atoms with Crippen molar-refractivity contribution in [1.29, 1.82) is 0 Å². The van der Waals surface area contributed by atoms with Crippen LogP contribution in [0.15, 0.2) is 42.5 Å². The fourth-order valence-corrected chi connectivity index (χ4v) is 2.07. The van der Waals surface area contributed by atoms with Gasteiger partial charge in [0.05, 0.1) is 6.04 Å². The predicted octanol–water partition coefficient (Wildman–Crippen LogP) is 4.04. The van der Waals surface area contributed by atoms with Crippen molar-refractivity contribution < 1.29 is 9.50 Å². The number of rotatable bonds is 3. The van der Waals surface area contributed by atoms with Crippen molar-refractivity contribution in [3.8, 4) is 5.75 Å². The lowest BCUT2D eigenvalue weighted by Gasteiger charge is -2.28. The van der Waals surface area contributed by atoms with Crippen LogP contribution < -0.4 is 4.90 Å². The van der Waals surface area contributed by atoms with E-state index in [0.29, 0.717) is 5.56 Å². The number of phenols is 1. The van der Waals surface area contributed by atoms with Crippen LogP contribution in [0.4, 0.5) is 10.1 Å². The Kier molecular flexibility index (Phi) is 3.74. The van der Waals surface area contributed by atoms with E-state index in [0.717, 1.165) is 5.69 Å². The van der Waals surface area contributed by atoms with E-state index in [1.807, 2.05) is 50.1 Å². The highest BCUT2D eigenvalue weighted by Gasteiger charge is 2.16. The number of aryl methyl sites for hydroxylation is 1. The van der Waals surface area contributed by atoms with Gasteiger partial charge in [0.2, 0.25) is 0 Å². The number of anilines is 1. The van der Waals surface area contributed by atoms with Crippen LogP contribution in [0, 0.1) is 12.7 Å². The van der Waals surface area contributed by atoms with Gasteiger partial charge in [-0.25, -0.2) is 4.39 Å². The average Bonchev–Trinajstić information content (AvgIpc) is 2.41. The minimum atomic E-state index is -0.336. The van der Waals surface area contributed by atoms with E-state index >= 15 is 0 Å². The zero-order chi connectivity index (χ0) is 14.0. The highest BCUT2D eigenvalue weighted by atomic mass is 19.1. The molecule has 0 fully saturated rings. The molecule has 1 unspecified atom stereocenters. The second-order valence-electron chi connectivity index (χ2n) is 4.83. The van der Waals surface area contributed by atoms with Gasteiger partial charge >= 0.3 is 0 Å². The lowest BCUT2D eigenvalue weighted by atomic mass is 10.0. The van der Waals surface area contributed by atoms with Crippen LogP contribution in [0.3, 0.4) is 0 Å². The van der Waals surface area contributed by atoms with Crippen molar-refractivity contribution in [2.24, 2.45) is 0 Å². The molecule has 0 saturated heterocycles. The van der Waals surface area contributed by atoms with Crippen LogP contribution in [0.1, 0.15) is 24.1 Å². The number of aromatic hydroxyl groups is 1. The third-order valence-electron chi connectivity index (χ3n) is 3.46. The van der Waals surface area contributed by atoms with Gasteiger partial charge in [-0.1, -0.05) is 17.7 Å². The van der Waals surface area contributed by atoms with Crippen LogP contribution >= 0.6 is 0 Å². The van der Waals surface area contributed by atoms with Crippen molar-refractivity contribution in [2.75, 3.05) is 11.9 Å². The van der Waals surface area contributed by atoms with E-state index in [4.69, 9.17) is 0 Å². The highest BCUT2D eigenvalue weighted by molar-refractivity contribution is 5.50. The summed E-state index contributed by atoms with van der Waals surface area (Å²) < 4.78 is 13.3. The first kappa shape index (κ1) is 13.4. The van der Waals surface area contributed by atoms with E-state index in [2.05, 4.69) is 0 Å². The molecular weight excluding hydrogens is 241 g/mol. The van der Waals surface area contributed by atoms with Crippen molar-refractivity contribution in [3.63, 3.8) is 0 Å². The first-order valence-corrected chi connectivity index (χ1v) is 6.27. The second-order valence-corrected chi connectivity index (χ2v) is 4.83. The summed E-state index contributed by atoms with van der Waals surface area (Å²) >= 11 is 0. The molecular formula is C16H18FNO. The molecule has 0 bridgehead atoms. The van der Waals surface area contributed by atoms with Crippen LogP contribution in [-0.2, 0) is 0 Å². The van der Waals surface area contributed by atoms with E-state index in [1.54, 1.807) is 0 Å². The number of benzene rings is 2. The van der Waals surface area contributed by atoms with Crippen molar-refractivity contribution in [2.45, 2.75) is 19.9 Å². The lowest BCUT2D eigenvalue weighted by molar-refractivity contribution is 0.459. The topological polar surface area (TPSA) is 23.5 Å². The minimum absolute atomic E-state index is 0.113. The molecule has 0 saturated carbocycles. The second kappa shape index (κ2) is 5.31.